The van der Waals surface area contributed by atoms with Crippen molar-refractivity contribution in [3.63, 3.8) is 0 Å². The number of sulfonamides is 1. The molecule has 28 heavy (non-hydrogen) atoms. The summed E-state index contributed by atoms with van der Waals surface area (Å²) < 4.78 is 78.8. The highest BCUT2D eigenvalue weighted by atomic mass is 32.2. The first-order valence-electron chi connectivity index (χ1n) is 8.24. The van der Waals surface area contributed by atoms with Crippen LogP contribution >= 0.6 is 0 Å². The number of benzene rings is 2. The number of halogens is 4. The van der Waals surface area contributed by atoms with Crippen LogP contribution in [0.25, 0.3) is 0 Å². The molecular formula is C18H18F4N2O3S. The minimum atomic E-state index is -4.53. The number of carbonyl (C=O) groups excluding carboxylic acids is 1. The lowest BCUT2D eigenvalue weighted by molar-refractivity contribution is -0.137. The molecule has 0 aliphatic heterocycles. The van der Waals surface area contributed by atoms with Crippen molar-refractivity contribution in [3.8, 4) is 0 Å². The lowest BCUT2D eigenvalue weighted by Crippen LogP contribution is -2.32. The Kier molecular flexibility index (Phi) is 6.45. The molecule has 2 aromatic carbocycles. The second-order valence-corrected chi connectivity index (χ2v) is 7.82. The van der Waals surface area contributed by atoms with E-state index in [1.807, 2.05) is 0 Å². The Morgan fingerprint density at radius 3 is 2.25 bits per heavy atom. The van der Waals surface area contributed by atoms with Crippen molar-refractivity contribution in [3.05, 3.63) is 59.4 Å². The van der Waals surface area contributed by atoms with Gasteiger partial charge in [-0.15, -0.1) is 0 Å². The van der Waals surface area contributed by atoms with Gasteiger partial charge in [0.2, 0.25) is 10.0 Å². The van der Waals surface area contributed by atoms with Gasteiger partial charge in [0.25, 0.3) is 5.91 Å². The lowest BCUT2D eigenvalue weighted by Gasteiger charge is -2.13. The molecule has 0 heterocycles. The molecule has 1 unspecified atom stereocenters. The van der Waals surface area contributed by atoms with Gasteiger partial charge in [0, 0.05) is 11.7 Å². The van der Waals surface area contributed by atoms with Crippen LogP contribution < -0.4 is 10.0 Å². The smallest absolute Gasteiger partial charge is 0.322 e. The number of hydrogen-bond donors (Lipinski definition) is 2. The monoisotopic (exact) mass is 418 g/mol. The van der Waals surface area contributed by atoms with Crippen molar-refractivity contribution in [2.75, 3.05) is 5.32 Å². The van der Waals surface area contributed by atoms with Gasteiger partial charge in [0.15, 0.2) is 0 Å². The maximum Gasteiger partial charge on any atom is 0.416 e. The van der Waals surface area contributed by atoms with Gasteiger partial charge in [0.05, 0.1) is 16.0 Å². The molecular weight excluding hydrogens is 400 g/mol. The third kappa shape index (κ3) is 5.29. The Morgan fingerprint density at radius 2 is 1.71 bits per heavy atom. The van der Waals surface area contributed by atoms with E-state index in [2.05, 4.69) is 10.0 Å². The molecule has 2 rings (SSSR count). The molecule has 0 bridgehead atoms. The van der Waals surface area contributed by atoms with E-state index in [1.54, 1.807) is 13.8 Å². The molecule has 10 heteroatoms. The Morgan fingerprint density at radius 1 is 1.11 bits per heavy atom. The molecule has 0 aliphatic rings. The molecule has 0 radical (unpaired) electrons. The minimum Gasteiger partial charge on any atom is -0.322 e. The number of rotatable bonds is 6. The summed E-state index contributed by atoms with van der Waals surface area (Å²) in [5, 5.41) is 2.25. The van der Waals surface area contributed by atoms with Crippen molar-refractivity contribution >= 4 is 21.6 Å². The fourth-order valence-corrected chi connectivity index (χ4v) is 3.56. The zero-order valence-corrected chi connectivity index (χ0v) is 15.8. The van der Waals surface area contributed by atoms with Crippen molar-refractivity contribution in [2.24, 2.45) is 0 Å². The highest BCUT2D eigenvalue weighted by molar-refractivity contribution is 7.89. The summed E-state index contributed by atoms with van der Waals surface area (Å²) in [6.45, 7) is 3.43. The third-order valence-corrected chi connectivity index (χ3v) is 5.52. The van der Waals surface area contributed by atoms with Gasteiger partial charge in [-0.1, -0.05) is 6.92 Å². The molecule has 2 aromatic rings. The number of hydrogen-bond acceptors (Lipinski definition) is 3. The summed E-state index contributed by atoms with van der Waals surface area (Å²) >= 11 is 0. The maximum atomic E-state index is 14.0. The topological polar surface area (TPSA) is 75.3 Å². The standard InChI is InChI=1S/C18H18F4N2O3S/c1-3-11(2)24-28(26,27)14-8-9-16(19)15(10-14)17(25)23-13-6-4-12(5-7-13)18(20,21)22/h4-11,24H,3H2,1-2H3,(H,23,25). The van der Waals surface area contributed by atoms with Gasteiger partial charge < -0.3 is 5.32 Å². The molecule has 0 aliphatic carbocycles. The van der Waals surface area contributed by atoms with Gasteiger partial charge in [-0.2, -0.15) is 13.2 Å². The predicted molar refractivity (Wildman–Crippen MR) is 95.9 cm³/mol. The third-order valence-electron chi connectivity index (χ3n) is 3.93. The molecule has 152 valence electrons. The Hall–Kier alpha value is -2.46. The van der Waals surface area contributed by atoms with Crippen LogP contribution in [-0.2, 0) is 16.2 Å². The van der Waals surface area contributed by atoms with E-state index < -0.39 is 39.1 Å². The molecule has 1 atom stereocenters. The van der Waals surface area contributed by atoms with Crippen LogP contribution in [0.3, 0.4) is 0 Å². The second-order valence-electron chi connectivity index (χ2n) is 6.10. The average Bonchev–Trinajstić information content (AvgIpc) is 2.61. The number of anilines is 1. The summed E-state index contributed by atoms with van der Waals surface area (Å²) in [6.07, 6.45) is -4.00. The Balaban J connectivity index is 2.26. The summed E-state index contributed by atoms with van der Waals surface area (Å²) in [5.74, 6) is -1.95. The quantitative estimate of drug-likeness (QED) is 0.692. The molecule has 0 saturated heterocycles. The largest absolute Gasteiger partial charge is 0.416 e. The number of carbonyl (C=O) groups is 1. The number of alkyl halides is 3. The fraction of sp³-hybridized carbons (Fsp3) is 0.278. The predicted octanol–water partition coefficient (Wildman–Crippen LogP) is 4.17. The maximum absolute atomic E-state index is 14.0. The van der Waals surface area contributed by atoms with E-state index in [1.165, 1.54) is 0 Å². The van der Waals surface area contributed by atoms with Gasteiger partial charge in [-0.25, -0.2) is 17.5 Å². The first-order valence-corrected chi connectivity index (χ1v) is 9.73. The normalized spacial score (nSPS) is 13.2. The highest BCUT2D eigenvalue weighted by Crippen LogP contribution is 2.30. The molecule has 0 saturated carbocycles. The van der Waals surface area contributed by atoms with Gasteiger partial charge in [-0.05, 0) is 55.8 Å². The van der Waals surface area contributed by atoms with E-state index in [0.29, 0.717) is 6.42 Å². The average molecular weight is 418 g/mol. The number of amides is 1. The Bertz CT molecular complexity index is 958. The van der Waals surface area contributed by atoms with E-state index in [4.69, 9.17) is 0 Å². The van der Waals surface area contributed by atoms with E-state index in [0.717, 1.165) is 42.5 Å². The van der Waals surface area contributed by atoms with E-state index in [-0.39, 0.29) is 16.6 Å². The van der Waals surface area contributed by atoms with E-state index in [9.17, 15) is 30.8 Å². The van der Waals surface area contributed by atoms with Crippen molar-refractivity contribution in [1.82, 2.24) is 4.72 Å². The minimum absolute atomic E-state index is 0.00314. The second kappa shape index (κ2) is 8.27. The molecule has 0 fully saturated rings. The van der Waals surface area contributed by atoms with Crippen LogP contribution in [0.4, 0.5) is 23.2 Å². The van der Waals surface area contributed by atoms with Gasteiger partial charge in [-0.3, -0.25) is 4.79 Å². The first kappa shape index (κ1) is 21.8. The molecule has 5 nitrogen and oxygen atoms in total. The molecule has 0 spiro atoms. The molecule has 0 aromatic heterocycles. The number of nitrogens with one attached hydrogen (secondary N) is 2. The lowest BCUT2D eigenvalue weighted by atomic mass is 10.1. The zero-order chi connectivity index (χ0) is 21.1. The first-order chi connectivity index (χ1) is 12.9. The SMILES string of the molecule is CCC(C)NS(=O)(=O)c1ccc(F)c(C(=O)Nc2ccc(C(F)(F)F)cc2)c1. The summed E-state index contributed by atoms with van der Waals surface area (Å²) in [7, 11) is -3.96. The van der Waals surface area contributed by atoms with Crippen molar-refractivity contribution in [2.45, 2.75) is 37.4 Å². The fourth-order valence-electron chi connectivity index (χ4n) is 2.20. The summed E-state index contributed by atoms with van der Waals surface area (Å²) in [6, 6.07) is 5.94. The summed E-state index contributed by atoms with van der Waals surface area (Å²) in [4.78, 5) is 12.0. The Labute approximate surface area is 159 Å². The van der Waals surface area contributed by atoms with Crippen LogP contribution in [-0.4, -0.2) is 20.4 Å². The van der Waals surface area contributed by atoms with Gasteiger partial charge >= 0.3 is 6.18 Å². The summed E-state index contributed by atoms with van der Waals surface area (Å²) in [5.41, 5.74) is -1.45. The van der Waals surface area contributed by atoms with Crippen LogP contribution in [0.5, 0.6) is 0 Å². The van der Waals surface area contributed by atoms with Crippen LogP contribution in [0, 0.1) is 5.82 Å². The van der Waals surface area contributed by atoms with Gasteiger partial charge in [0.1, 0.15) is 5.82 Å². The van der Waals surface area contributed by atoms with Crippen LogP contribution in [0.1, 0.15) is 36.2 Å². The van der Waals surface area contributed by atoms with E-state index >= 15 is 0 Å². The highest BCUT2D eigenvalue weighted by Gasteiger charge is 2.30. The zero-order valence-electron chi connectivity index (χ0n) is 15.0. The van der Waals surface area contributed by atoms with Crippen LogP contribution in [0.2, 0.25) is 0 Å². The molecule has 2 N–H and O–H groups in total. The van der Waals surface area contributed by atoms with Crippen molar-refractivity contribution < 1.29 is 30.8 Å². The molecule has 1 amide bonds. The van der Waals surface area contributed by atoms with Crippen molar-refractivity contribution in [1.29, 1.82) is 0 Å². The van der Waals surface area contributed by atoms with Crippen LogP contribution in [0.15, 0.2) is 47.4 Å².